The van der Waals surface area contributed by atoms with Crippen molar-refractivity contribution < 1.29 is 5.11 Å². The summed E-state index contributed by atoms with van der Waals surface area (Å²) in [5.74, 6) is 0.295. The first-order valence-corrected chi connectivity index (χ1v) is 4.58. The normalized spacial score (nSPS) is 14.8. The highest BCUT2D eigenvalue weighted by Gasteiger charge is 2.06. The van der Waals surface area contributed by atoms with E-state index >= 15 is 0 Å². The van der Waals surface area contributed by atoms with Crippen LogP contribution in [0.4, 0.5) is 5.69 Å². The van der Waals surface area contributed by atoms with E-state index in [9.17, 15) is 5.11 Å². The molecule has 0 unspecified atom stereocenters. The minimum atomic E-state index is 0.295. The summed E-state index contributed by atoms with van der Waals surface area (Å²) in [6, 6.07) is 5.26. The lowest BCUT2D eigenvalue weighted by Crippen LogP contribution is -2.26. The van der Waals surface area contributed by atoms with E-state index in [-0.39, 0.29) is 0 Å². The molecular weight excluding hydrogens is 178 g/mol. The van der Waals surface area contributed by atoms with Crippen LogP contribution in [-0.4, -0.2) is 29.5 Å². The Morgan fingerprint density at radius 2 is 2.36 bits per heavy atom. The molecule has 0 radical (unpaired) electrons. The van der Waals surface area contributed by atoms with Crippen molar-refractivity contribution in [2.45, 2.75) is 6.92 Å². The molecule has 0 amide bonds. The van der Waals surface area contributed by atoms with Gasteiger partial charge in [0.15, 0.2) is 0 Å². The summed E-state index contributed by atoms with van der Waals surface area (Å²) in [5.41, 5.74) is 5.22. The van der Waals surface area contributed by atoms with E-state index in [0.29, 0.717) is 5.75 Å². The first-order chi connectivity index (χ1) is 6.75. The number of aliphatic imine (C=N–C) groups is 1. The number of benzene rings is 1. The molecule has 2 N–H and O–H groups in total. The van der Waals surface area contributed by atoms with Crippen molar-refractivity contribution in [3.8, 4) is 5.75 Å². The van der Waals surface area contributed by atoms with Crippen LogP contribution in [0.5, 0.6) is 5.75 Å². The maximum atomic E-state index is 9.23. The number of hydrogen-bond acceptors (Lipinski definition) is 4. The molecule has 14 heavy (non-hydrogen) atoms. The molecule has 0 saturated heterocycles. The molecule has 1 aliphatic rings. The SMILES string of the molecule is Cc1cc(O)ccc1NN1C=NCC1. The Labute approximate surface area is 82.9 Å². The van der Waals surface area contributed by atoms with Crippen LogP contribution < -0.4 is 5.43 Å². The number of phenols is 1. The van der Waals surface area contributed by atoms with Gasteiger partial charge >= 0.3 is 0 Å². The van der Waals surface area contributed by atoms with Gasteiger partial charge in [-0.05, 0) is 30.7 Å². The first kappa shape index (κ1) is 8.87. The Kier molecular flexibility index (Phi) is 2.26. The highest BCUT2D eigenvalue weighted by Crippen LogP contribution is 2.20. The van der Waals surface area contributed by atoms with Gasteiger partial charge in [0.25, 0.3) is 0 Å². The van der Waals surface area contributed by atoms with E-state index in [0.717, 1.165) is 24.3 Å². The third-order valence-corrected chi connectivity index (χ3v) is 2.17. The molecule has 1 heterocycles. The highest BCUT2D eigenvalue weighted by atomic mass is 16.3. The van der Waals surface area contributed by atoms with E-state index < -0.39 is 0 Å². The number of phenolic OH excluding ortho intramolecular Hbond substituents is 1. The fourth-order valence-electron chi connectivity index (χ4n) is 1.39. The maximum absolute atomic E-state index is 9.23. The lowest BCUT2D eigenvalue weighted by Gasteiger charge is -2.18. The summed E-state index contributed by atoms with van der Waals surface area (Å²) in [5, 5.41) is 11.2. The Hall–Kier alpha value is -1.71. The molecule has 0 bridgehead atoms. The van der Waals surface area contributed by atoms with Crippen LogP contribution >= 0.6 is 0 Å². The molecule has 0 saturated carbocycles. The molecule has 4 nitrogen and oxygen atoms in total. The van der Waals surface area contributed by atoms with Gasteiger partial charge in [-0.3, -0.25) is 15.4 Å². The summed E-state index contributed by atoms with van der Waals surface area (Å²) in [4.78, 5) is 4.10. The number of aromatic hydroxyl groups is 1. The van der Waals surface area contributed by atoms with Gasteiger partial charge < -0.3 is 5.11 Å². The largest absolute Gasteiger partial charge is 0.508 e. The molecule has 4 heteroatoms. The lowest BCUT2D eigenvalue weighted by molar-refractivity contribution is 0.474. The predicted octanol–water partition coefficient (Wildman–Crippen LogP) is 1.37. The number of hydrogen-bond donors (Lipinski definition) is 2. The minimum Gasteiger partial charge on any atom is -0.508 e. The maximum Gasteiger partial charge on any atom is 0.115 e. The van der Waals surface area contributed by atoms with Crippen LogP contribution in [0.2, 0.25) is 0 Å². The number of rotatable bonds is 2. The number of anilines is 1. The third-order valence-electron chi connectivity index (χ3n) is 2.17. The Morgan fingerprint density at radius 1 is 1.50 bits per heavy atom. The quantitative estimate of drug-likeness (QED) is 0.694. The number of aryl methyl sites for hydroxylation is 1. The average molecular weight is 191 g/mol. The Bertz CT molecular complexity index is 362. The summed E-state index contributed by atoms with van der Waals surface area (Å²) in [7, 11) is 0. The minimum absolute atomic E-state index is 0.295. The highest BCUT2D eigenvalue weighted by molar-refractivity contribution is 5.62. The third kappa shape index (κ3) is 1.79. The number of hydrazine groups is 1. The zero-order valence-corrected chi connectivity index (χ0v) is 8.07. The summed E-state index contributed by atoms with van der Waals surface area (Å²) in [6.07, 6.45) is 1.78. The summed E-state index contributed by atoms with van der Waals surface area (Å²) in [6.45, 7) is 3.68. The van der Waals surface area contributed by atoms with Gasteiger partial charge in [-0.15, -0.1) is 0 Å². The molecule has 0 atom stereocenters. The van der Waals surface area contributed by atoms with E-state index in [4.69, 9.17) is 0 Å². The molecule has 2 rings (SSSR count). The van der Waals surface area contributed by atoms with Crippen molar-refractivity contribution in [1.82, 2.24) is 5.01 Å². The lowest BCUT2D eigenvalue weighted by atomic mass is 10.2. The van der Waals surface area contributed by atoms with E-state index in [1.54, 1.807) is 18.5 Å². The molecule has 1 aromatic carbocycles. The Morgan fingerprint density at radius 3 is 3.00 bits per heavy atom. The smallest absolute Gasteiger partial charge is 0.115 e. The second kappa shape index (κ2) is 3.57. The van der Waals surface area contributed by atoms with Crippen LogP contribution in [0.25, 0.3) is 0 Å². The van der Waals surface area contributed by atoms with E-state index in [1.807, 2.05) is 18.0 Å². The van der Waals surface area contributed by atoms with Crippen LogP contribution in [0.15, 0.2) is 23.2 Å². The predicted molar refractivity (Wildman–Crippen MR) is 56.5 cm³/mol. The van der Waals surface area contributed by atoms with Crippen molar-refractivity contribution >= 4 is 12.0 Å². The fraction of sp³-hybridized carbons (Fsp3) is 0.300. The second-order valence-corrected chi connectivity index (χ2v) is 3.33. The van der Waals surface area contributed by atoms with E-state index in [2.05, 4.69) is 10.4 Å². The molecule has 0 aromatic heterocycles. The van der Waals surface area contributed by atoms with Crippen LogP contribution in [0, 0.1) is 6.92 Å². The molecular formula is C10H13N3O. The van der Waals surface area contributed by atoms with Crippen molar-refractivity contribution in [2.24, 2.45) is 4.99 Å². The van der Waals surface area contributed by atoms with Gasteiger partial charge in [-0.25, -0.2) is 0 Å². The monoisotopic (exact) mass is 191 g/mol. The molecule has 1 aliphatic heterocycles. The number of nitrogens with one attached hydrogen (secondary N) is 1. The second-order valence-electron chi connectivity index (χ2n) is 3.33. The summed E-state index contributed by atoms with van der Waals surface area (Å²) < 4.78 is 0. The van der Waals surface area contributed by atoms with Gasteiger partial charge in [0.2, 0.25) is 0 Å². The van der Waals surface area contributed by atoms with Crippen LogP contribution in [0.3, 0.4) is 0 Å². The van der Waals surface area contributed by atoms with Crippen molar-refractivity contribution in [2.75, 3.05) is 18.5 Å². The zero-order chi connectivity index (χ0) is 9.97. The summed E-state index contributed by atoms with van der Waals surface area (Å²) >= 11 is 0. The number of nitrogens with zero attached hydrogens (tertiary/aromatic N) is 2. The van der Waals surface area contributed by atoms with Crippen molar-refractivity contribution in [3.05, 3.63) is 23.8 Å². The fourth-order valence-corrected chi connectivity index (χ4v) is 1.39. The molecule has 0 fully saturated rings. The Balaban J connectivity index is 2.12. The van der Waals surface area contributed by atoms with Crippen LogP contribution in [0.1, 0.15) is 5.56 Å². The molecule has 74 valence electrons. The van der Waals surface area contributed by atoms with Gasteiger partial charge in [0.05, 0.1) is 18.8 Å². The van der Waals surface area contributed by atoms with Gasteiger partial charge in [-0.2, -0.15) is 0 Å². The molecule has 0 spiro atoms. The topological polar surface area (TPSA) is 47.9 Å². The van der Waals surface area contributed by atoms with Gasteiger partial charge in [0, 0.05) is 0 Å². The van der Waals surface area contributed by atoms with Crippen molar-refractivity contribution in [1.29, 1.82) is 0 Å². The van der Waals surface area contributed by atoms with Gasteiger partial charge in [-0.1, -0.05) is 0 Å². The molecule has 1 aromatic rings. The molecule has 0 aliphatic carbocycles. The first-order valence-electron chi connectivity index (χ1n) is 4.58. The standard InChI is InChI=1S/C10H13N3O/c1-8-6-9(14)2-3-10(8)12-13-5-4-11-7-13/h2-3,6-7,12,14H,4-5H2,1H3. The van der Waals surface area contributed by atoms with Crippen LogP contribution in [-0.2, 0) is 0 Å². The van der Waals surface area contributed by atoms with Crippen molar-refractivity contribution in [3.63, 3.8) is 0 Å². The van der Waals surface area contributed by atoms with E-state index in [1.165, 1.54) is 0 Å². The average Bonchev–Trinajstić information content (AvgIpc) is 2.62. The zero-order valence-electron chi connectivity index (χ0n) is 8.07. The van der Waals surface area contributed by atoms with Gasteiger partial charge in [0.1, 0.15) is 12.1 Å².